The Morgan fingerprint density at radius 3 is 2.11 bits per heavy atom. The molecule has 0 saturated heterocycles. The van der Waals surface area contributed by atoms with Crippen LogP contribution < -0.4 is 9.62 Å². The topological polar surface area (TPSA) is 66.5 Å². The third-order valence-electron chi connectivity index (χ3n) is 4.45. The molecule has 5 nitrogen and oxygen atoms in total. The largest absolute Gasteiger partial charge is 0.348 e. The van der Waals surface area contributed by atoms with Crippen molar-refractivity contribution in [1.82, 2.24) is 5.32 Å². The monoisotopic (exact) mass is 388 g/mol. The molecule has 6 heteroatoms. The summed E-state index contributed by atoms with van der Waals surface area (Å²) in [6.45, 7) is 7.53. The van der Waals surface area contributed by atoms with Gasteiger partial charge in [-0.1, -0.05) is 43.3 Å². The number of amides is 1. The van der Waals surface area contributed by atoms with E-state index in [0.717, 1.165) is 22.9 Å². The van der Waals surface area contributed by atoms with Crippen LogP contribution in [0.3, 0.4) is 0 Å². The fourth-order valence-electron chi connectivity index (χ4n) is 3.27. The average Bonchev–Trinajstić information content (AvgIpc) is 2.58. The molecule has 0 aliphatic heterocycles. The number of anilines is 1. The minimum absolute atomic E-state index is 0.214. The summed E-state index contributed by atoms with van der Waals surface area (Å²) in [6.07, 6.45) is 1.51. The zero-order valence-electron chi connectivity index (χ0n) is 16.6. The van der Waals surface area contributed by atoms with Gasteiger partial charge in [0.1, 0.15) is 6.04 Å². The predicted octanol–water partition coefficient (Wildman–Crippen LogP) is 3.73. The second-order valence-electron chi connectivity index (χ2n) is 6.97. The van der Waals surface area contributed by atoms with Crippen LogP contribution in [-0.4, -0.2) is 26.6 Å². The Balaban J connectivity index is 2.36. The molecule has 0 heterocycles. The Bertz CT molecular complexity index is 875. The van der Waals surface area contributed by atoms with E-state index in [1.807, 2.05) is 64.1 Å². The van der Waals surface area contributed by atoms with E-state index in [0.29, 0.717) is 12.1 Å². The Morgan fingerprint density at radius 1 is 1.07 bits per heavy atom. The molecule has 0 saturated carbocycles. The first kappa shape index (κ1) is 21.0. The van der Waals surface area contributed by atoms with Gasteiger partial charge in [0.15, 0.2) is 0 Å². The molecule has 2 unspecified atom stereocenters. The van der Waals surface area contributed by atoms with Gasteiger partial charge in [-0.15, -0.1) is 0 Å². The Morgan fingerprint density at radius 2 is 1.63 bits per heavy atom. The van der Waals surface area contributed by atoms with E-state index in [4.69, 9.17) is 0 Å². The van der Waals surface area contributed by atoms with Crippen LogP contribution in [0.2, 0.25) is 0 Å². The molecule has 0 fully saturated rings. The van der Waals surface area contributed by atoms with Crippen LogP contribution in [-0.2, 0) is 14.8 Å². The molecule has 0 spiro atoms. The Hall–Kier alpha value is -2.34. The number of hydrogen-bond donors (Lipinski definition) is 1. The van der Waals surface area contributed by atoms with Crippen molar-refractivity contribution in [3.63, 3.8) is 0 Å². The molecule has 0 aliphatic rings. The number of hydrogen-bond acceptors (Lipinski definition) is 3. The van der Waals surface area contributed by atoms with Gasteiger partial charge in [0.25, 0.3) is 0 Å². The molecule has 146 valence electrons. The summed E-state index contributed by atoms with van der Waals surface area (Å²) in [5.74, 6) is -0.307. The van der Waals surface area contributed by atoms with Crippen LogP contribution in [0.5, 0.6) is 0 Å². The number of carbonyl (C=O) groups excluding carboxylic acids is 1. The van der Waals surface area contributed by atoms with Crippen molar-refractivity contribution in [2.45, 2.75) is 46.2 Å². The second-order valence-corrected chi connectivity index (χ2v) is 8.83. The highest BCUT2D eigenvalue weighted by Gasteiger charge is 2.32. The standard InChI is InChI=1S/C21H28N2O3S/c1-6-20(21(24)22-17(4)18-10-8-7-9-11-18)23(27(5,25)26)19-13-15(2)12-16(3)14-19/h7-14,17,20H,6H2,1-5H3,(H,22,24). The maximum Gasteiger partial charge on any atom is 0.244 e. The summed E-state index contributed by atoms with van der Waals surface area (Å²) in [7, 11) is -3.64. The molecule has 0 aromatic heterocycles. The van der Waals surface area contributed by atoms with Gasteiger partial charge in [0, 0.05) is 0 Å². The molecule has 2 aromatic rings. The van der Waals surface area contributed by atoms with E-state index in [9.17, 15) is 13.2 Å². The lowest BCUT2D eigenvalue weighted by Crippen LogP contribution is -2.49. The van der Waals surface area contributed by atoms with E-state index < -0.39 is 16.1 Å². The fourth-order valence-corrected chi connectivity index (χ4v) is 4.47. The SMILES string of the molecule is CCC(C(=O)NC(C)c1ccccc1)N(c1cc(C)cc(C)c1)S(C)(=O)=O. The molecule has 1 N–H and O–H groups in total. The third-order valence-corrected chi connectivity index (χ3v) is 5.63. The number of carbonyl (C=O) groups is 1. The van der Waals surface area contributed by atoms with Crippen molar-refractivity contribution in [2.75, 3.05) is 10.6 Å². The number of sulfonamides is 1. The third kappa shape index (κ3) is 5.32. The highest BCUT2D eigenvalue weighted by molar-refractivity contribution is 7.92. The lowest BCUT2D eigenvalue weighted by atomic mass is 10.1. The Labute approximate surface area is 162 Å². The van der Waals surface area contributed by atoms with Gasteiger partial charge in [-0.2, -0.15) is 0 Å². The molecule has 1 amide bonds. The Kier molecular flexibility index (Phi) is 6.65. The number of aryl methyl sites for hydroxylation is 2. The van der Waals surface area contributed by atoms with Crippen LogP contribution in [0.4, 0.5) is 5.69 Å². The van der Waals surface area contributed by atoms with E-state index in [1.165, 1.54) is 4.31 Å². The summed E-state index contributed by atoms with van der Waals surface area (Å²) in [4.78, 5) is 13.0. The van der Waals surface area contributed by atoms with E-state index >= 15 is 0 Å². The predicted molar refractivity (Wildman–Crippen MR) is 110 cm³/mol. The van der Waals surface area contributed by atoms with Crippen LogP contribution in [0.1, 0.15) is 43.0 Å². The minimum atomic E-state index is -3.64. The molecule has 2 rings (SSSR count). The van der Waals surface area contributed by atoms with Crippen molar-refractivity contribution in [3.05, 3.63) is 65.2 Å². The smallest absolute Gasteiger partial charge is 0.244 e. The molecule has 0 aliphatic carbocycles. The molecule has 2 atom stereocenters. The first-order valence-electron chi connectivity index (χ1n) is 9.06. The maximum absolute atomic E-state index is 13.0. The first-order valence-corrected chi connectivity index (χ1v) is 10.9. The summed E-state index contributed by atoms with van der Waals surface area (Å²) >= 11 is 0. The number of nitrogens with one attached hydrogen (secondary N) is 1. The van der Waals surface area contributed by atoms with Crippen molar-refractivity contribution in [3.8, 4) is 0 Å². The van der Waals surface area contributed by atoms with Crippen LogP contribution in [0.15, 0.2) is 48.5 Å². The van der Waals surface area contributed by atoms with Gasteiger partial charge in [0.2, 0.25) is 15.9 Å². The molecular formula is C21H28N2O3S. The zero-order valence-corrected chi connectivity index (χ0v) is 17.4. The fraction of sp³-hybridized carbons (Fsp3) is 0.381. The quantitative estimate of drug-likeness (QED) is 0.786. The summed E-state index contributed by atoms with van der Waals surface area (Å²) in [5, 5.41) is 2.95. The average molecular weight is 389 g/mol. The van der Waals surface area contributed by atoms with Gasteiger partial charge in [-0.3, -0.25) is 9.10 Å². The van der Waals surface area contributed by atoms with Gasteiger partial charge < -0.3 is 5.32 Å². The van der Waals surface area contributed by atoms with Gasteiger partial charge in [-0.05, 0) is 56.0 Å². The molecule has 0 radical (unpaired) electrons. The molecule has 0 bridgehead atoms. The number of nitrogens with zero attached hydrogens (tertiary/aromatic N) is 1. The maximum atomic E-state index is 13.0. The normalized spacial score (nSPS) is 13.7. The lowest BCUT2D eigenvalue weighted by Gasteiger charge is -2.31. The second kappa shape index (κ2) is 8.57. The minimum Gasteiger partial charge on any atom is -0.348 e. The van der Waals surface area contributed by atoms with Crippen LogP contribution in [0.25, 0.3) is 0 Å². The summed E-state index contributed by atoms with van der Waals surface area (Å²) in [6, 6.07) is 14.1. The van der Waals surface area contributed by atoms with Crippen molar-refractivity contribution < 1.29 is 13.2 Å². The zero-order chi connectivity index (χ0) is 20.2. The molecule has 2 aromatic carbocycles. The molecular weight excluding hydrogens is 360 g/mol. The van der Waals surface area contributed by atoms with Crippen LogP contribution >= 0.6 is 0 Å². The van der Waals surface area contributed by atoms with Gasteiger partial charge in [-0.25, -0.2) is 8.42 Å². The molecule has 27 heavy (non-hydrogen) atoms. The number of benzene rings is 2. The van der Waals surface area contributed by atoms with Crippen LogP contribution in [0, 0.1) is 13.8 Å². The van der Waals surface area contributed by atoms with Crippen molar-refractivity contribution >= 4 is 21.6 Å². The number of rotatable bonds is 7. The van der Waals surface area contributed by atoms with Gasteiger partial charge >= 0.3 is 0 Å². The van der Waals surface area contributed by atoms with Crippen molar-refractivity contribution in [1.29, 1.82) is 0 Å². The van der Waals surface area contributed by atoms with E-state index in [1.54, 1.807) is 12.1 Å². The highest BCUT2D eigenvalue weighted by Crippen LogP contribution is 2.25. The van der Waals surface area contributed by atoms with Gasteiger partial charge in [0.05, 0.1) is 18.0 Å². The summed E-state index contributed by atoms with van der Waals surface area (Å²) in [5.41, 5.74) is 3.39. The first-order chi connectivity index (χ1) is 12.6. The van der Waals surface area contributed by atoms with Crippen molar-refractivity contribution in [2.24, 2.45) is 0 Å². The lowest BCUT2D eigenvalue weighted by molar-refractivity contribution is -0.122. The highest BCUT2D eigenvalue weighted by atomic mass is 32.2. The summed E-state index contributed by atoms with van der Waals surface area (Å²) < 4.78 is 26.4. The van der Waals surface area contributed by atoms with E-state index in [-0.39, 0.29) is 11.9 Å². The van der Waals surface area contributed by atoms with E-state index in [2.05, 4.69) is 5.32 Å².